The highest BCUT2D eigenvalue weighted by molar-refractivity contribution is 5.95. The van der Waals surface area contributed by atoms with E-state index in [1.54, 1.807) is 23.4 Å². The summed E-state index contributed by atoms with van der Waals surface area (Å²) in [4.78, 5) is 28.8. The molecule has 1 aliphatic heterocycles. The summed E-state index contributed by atoms with van der Waals surface area (Å²) >= 11 is 0. The minimum Gasteiger partial charge on any atom is -0.351 e. The molecule has 100 valence electrons. The van der Waals surface area contributed by atoms with Crippen molar-refractivity contribution in [3.63, 3.8) is 0 Å². The molecule has 0 bridgehead atoms. The number of carbonyl (C=O) groups is 2. The molecule has 6 heteroatoms. The zero-order valence-corrected chi connectivity index (χ0v) is 10.5. The molecule has 6 nitrogen and oxygen atoms in total. The number of rotatable bonds is 2. The summed E-state index contributed by atoms with van der Waals surface area (Å²) in [7, 11) is 0. The van der Waals surface area contributed by atoms with Crippen molar-refractivity contribution in [2.75, 3.05) is 18.4 Å². The standard InChI is InChI=1S/C13H16N4O2/c14-12(19)17-5-3-13(8-17)6-10(13)11(18)16-9-2-1-4-15-7-9/h1-2,4,7,10H,3,5-6,8H2,(H2,14,19)(H,16,18)/t10-,13+/m1/s1. The molecule has 3 N–H and O–H groups in total. The normalized spacial score (nSPS) is 28.4. The Labute approximate surface area is 111 Å². The predicted octanol–water partition coefficient (Wildman–Crippen LogP) is 0.811. The van der Waals surface area contributed by atoms with Gasteiger partial charge >= 0.3 is 6.03 Å². The molecule has 0 unspecified atom stereocenters. The van der Waals surface area contributed by atoms with E-state index < -0.39 is 6.03 Å². The zero-order chi connectivity index (χ0) is 13.5. The van der Waals surface area contributed by atoms with Gasteiger partial charge < -0.3 is 16.0 Å². The summed E-state index contributed by atoms with van der Waals surface area (Å²) in [6, 6.07) is 3.20. The van der Waals surface area contributed by atoms with Crippen LogP contribution < -0.4 is 11.1 Å². The zero-order valence-electron chi connectivity index (χ0n) is 10.5. The van der Waals surface area contributed by atoms with E-state index in [-0.39, 0.29) is 17.2 Å². The van der Waals surface area contributed by atoms with Gasteiger partial charge in [0, 0.05) is 30.6 Å². The van der Waals surface area contributed by atoms with Crippen LogP contribution in [0.1, 0.15) is 12.8 Å². The number of urea groups is 1. The number of primary amides is 1. The number of carbonyl (C=O) groups excluding carboxylic acids is 2. The summed E-state index contributed by atoms with van der Waals surface area (Å²) in [5.41, 5.74) is 5.94. The second-order valence-electron chi connectivity index (χ2n) is 5.36. The molecule has 2 atom stereocenters. The predicted molar refractivity (Wildman–Crippen MR) is 69.2 cm³/mol. The van der Waals surface area contributed by atoms with Crippen molar-refractivity contribution in [2.24, 2.45) is 17.1 Å². The maximum absolute atomic E-state index is 12.1. The smallest absolute Gasteiger partial charge is 0.314 e. The van der Waals surface area contributed by atoms with Gasteiger partial charge in [-0.3, -0.25) is 9.78 Å². The van der Waals surface area contributed by atoms with Crippen LogP contribution >= 0.6 is 0 Å². The molecule has 3 rings (SSSR count). The van der Waals surface area contributed by atoms with Crippen LogP contribution in [0.15, 0.2) is 24.5 Å². The molecule has 2 aliphatic rings. The van der Waals surface area contributed by atoms with Crippen LogP contribution in [0, 0.1) is 11.3 Å². The van der Waals surface area contributed by atoms with Crippen LogP contribution in [0.5, 0.6) is 0 Å². The topological polar surface area (TPSA) is 88.3 Å². The molecule has 19 heavy (non-hydrogen) atoms. The van der Waals surface area contributed by atoms with Gasteiger partial charge in [0.1, 0.15) is 0 Å². The SMILES string of the molecule is NC(=O)N1CC[C@]2(C[C@@H]2C(=O)Nc2cccnc2)C1. The number of amides is 3. The van der Waals surface area contributed by atoms with E-state index >= 15 is 0 Å². The van der Waals surface area contributed by atoms with E-state index in [0.717, 1.165) is 12.8 Å². The number of pyridine rings is 1. The lowest BCUT2D eigenvalue weighted by molar-refractivity contribution is -0.118. The number of nitrogens with two attached hydrogens (primary N) is 1. The van der Waals surface area contributed by atoms with E-state index in [1.165, 1.54) is 0 Å². The maximum atomic E-state index is 12.1. The summed E-state index contributed by atoms with van der Waals surface area (Å²) in [6.45, 7) is 1.26. The third-order valence-corrected chi connectivity index (χ3v) is 4.13. The van der Waals surface area contributed by atoms with Gasteiger partial charge in [-0.15, -0.1) is 0 Å². The van der Waals surface area contributed by atoms with E-state index in [0.29, 0.717) is 18.8 Å². The van der Waals surface area contributed by atoms with Crippen molar-refractivity contribution in [3.05, 3.63) is 24.5 Å². The number of anilines is 1. The monoisotopic (exact) mass is 260 g/mol. The average Bonchev–Trinajstić information content (AvgIpc) is 2.91. The lowest BCUT2D eigenvalue weighted by atomic mass is 10.0. The summed E-state index contributed by atoms with van der Waals surface area (Å²) in [5.74, 6) is -0.00336. The lowest BCUT2D eigenvalue weighted by Gasteiger charge is -2.13. The highest BCUT2D eigenvalue weighted by Gasteiger charge is 2.61. The number of nitrogens with one attached hydrogen (secondary N) is 1. The Balaban J connectivity index is 1.61. The Morgan fingerprint density at radius 1 is 1.53 bits per heavy atom. The molecule has 3 amide bonds. The molecule has 0 aromatic carbocycles. The fraction of sp³-hybridized carbons (Fsp3) is 0.462. The minimum atomic E-state index is -0.393. The van der Waals surface area contributed by atoms with Crippen LogP contribution in [0.4, 0.5) is 10.5 Å². The van der Waals surface area contributed by atoms with Crippen LogP contribution in [0.3, 0.4) is 0 Å². The van der Waals surface area contributed by atoms with Gasteiger partial charge in [-0.2, -0.15) is 0 Å². The second-order valence-corrected chi connectivity index (χ2v) is 5.36. The Hall–Kier alpha value is -2.11. The number of aromatic nitrogens is 1. The Bertz CT molecular complexity index is 519. The number of nitrogens with zero attached hydrogens (tertiary/aromatic N) is 2. The van der Waals surface area contributed by atoms with Crippen LogP contribution in [-0.2, 0) is 4.79 Å². The summed E-state index contributed by atoms with van der Waals surface area (Å²) < 4.78 is 0. The third kappa shape index (κ3) is 2.14. The first-order valence-corrected chi connectivity index (χ1v) is 6.36. The molecule has 1 saturated heterocycles. The number of hydrogen-bond acceptors (Lipinski definition) is 3. The Morgan fingerprint density at radius 2 is 2.37 bits per heavy atom. The molecule has 0 radical (unpaired) electrons. The van der Waals surface area contributed by atoms with Gasteiger partial charge in [-0.1, -0.05) is 0 Å². The van der Waals surface area contributed by atoms with Gasteiger partial charge in [-0.25, -0.2) is 4.79 Å². The van der Waals surface area contributed by atoms with Crippen molar-refractivity contribution < 1.29 is 9.59 Å². The van der Waals surface area contributed by atoms with Crippen molar-refractivity contribution >= 4 is 17.6 Å². The highest BCUT2D eigenvalue weighted by Crippen LogP contribution is 2.58. The minimum absolute atomic E-state index is 0.0133. The molecular weight excluding hydrogens is 244 g/mol. The van der Waals surface area contributed by atoms with E-state index in [9.17, 15) is 9.59 Å². The number of likely N-dealkylation sites (tertiary alicyclic amines) is 1. The first-order chi connectivity index (χ1) is 9.11. The molecular formula is C13H16N4O2. The fourth-order valence-corrected chi connectivity index (χ4v) is 2.92. The Kier molecular flexibility index (Phi) is 2.66. The molecule has 2 fully saturated rings. The lowest BCUT2D eigenvalue weighted by Crippen LogP contribution is -2.34. The van der Waals surface area contributed by atoms with Gasteiger partial charge in [0.2, 0.25) is 5.91 Å². The van der Waals surface area contributed by atoms with Gasteiger partial charge in [0.25, 0.3) is 0 Å². The molecule has 1 saturated carbocycles. The largest absolute Gasteiger partial charge is 0.351 e. The van der Waals surface area contributed by atoms with Gasteiger partial charge in [0.05, 0.1) is 11.9 Å². The maximum Gasteiger partial charge on any atom is 0.314 e. The average molecular weight is 260 g/mol. The molecule has 1 aromatic rings. The first-order valence-electron chi connectivity index (χ1n) is 6.36. The first kappa shape index (κ1) is 12.0. The summed E-state index contributed by atoms with van der Waals surface area (Å²) in [5, 5.41) is 2.86. The Morgan fingerprint density at radius 3 is 3.00 bits per heavy atom. The van der Waals surface area contributed by atoms with Crippen molar-refractivity contribution in [3.8, 4) is 0 Å². The highest BCUT2D eigenvalue weighted by atomic mass is 16.2. The second kappa shape index (κ2) is 4.22. The van der Waals surface area contributed by atoms with E-state index in [2.05, 4.69) is 10.3 Å². The van der Waals surface area contributed by atoms with Crippen LogP contribution in [-0.4, -0.2) is 34.9 Å². The van der Waals surface area contributed by atoms with E-state index in [4.69, 9.17) is 5.73 Å². The van der Waals surface area contributed by atoms with Crippen molar-refractivity contribution in [1.82, 2.24) is 9.88 Å². The summed E-state index contributed by atoms with van der Waals surface area (Å²) in [6.07, 6.45) is 4.98. The van der Waals surface area contributed by atoms with E-state index in [1.807, 2.05) is 6.07 Å². The molecule has 1 aliphatic carbocycles. The number of hydrogen-bond donors (Lipinski definition) is 2. The molecule has 2 heterocycles. The van der Waals surface area contributed by atoms with Crippen molar-refractivity contribution in [2.45, 2.75) is 12.8 Å². The van der Waals surface area contributed by atoms with Gasteiger partial charge in [0.15, 0.2) is 0 Å². The quantitative estimate of drug-likeness (QED) is 0.824. The van der Waals surface area contributed by atoms with Crippen molar-refractivity contribution in [1.29, 1.82) is 0 Å². The third-order valence-electron chi connectivity index (χ3n) is 4.13. The van der Waals surface area contributed by atoms with Gasteiger partial charge in [-0.05, 0) is 25.0 Å². The molecule has 1 spiro atoms. The van der Waals surface area contributed by atoms with Crippen LogP contribution in [0.25, 0.3) is 0 Å². The fourth-order valence-electron chi connectivity index (χ4n) is 2.92. The molecule has 1 aromatic heterocycles. The van der Waals surface area contributed by atoms with Crippen LogP contribution in [0.2, 0.25) is 0 Å².